The van der Waals surface area contributed by atoms with Gasteiger partial charge in [-0.1, -0.05) is 5.21 Å². The van der Waals surface area contributed by atoms with Crippen LogP contribution < -0.4 is 0 Å². The fraction of sp³-hybridized carbons (Fsp3) is 0.692. The minimum Gasteiger partial charge on any atom is -0.368 e. The Balaban J connectivity index is 1.37. The van der Waals surface area contributed by atoms with Crippen LogP contribution in [0, 0.1) is 6.92 Å². The van der Waals surface area contributed by atoms with E-state index in [4.69, 9.17) is 4.74 Å². The van der Waals surface area contributed by atoms with E-state index in [1.165, 1.54) is 0 Å². The minimum atomic E-state index is -0.0170. The molecule has 1 fully saturated rings. The highest BCUT2D eigenvalue weighted by molar-refractivity contribution is 5.76. The molecule has 2 aliphatic heterocycles. The molecule has 122 valence electrons. The van der Waals surface area contributed by atoms with E-state index in [-0.39, 0.29) is 18.1 Å². The zero-order valence-corrected chi connectivity index (χ0v) is 12.9. The predicted octanol–water partition coefficient (Wildman–Crippen LogP) is -0.664. The number of amides is 1. The zero-order valence-electron chi connectivity index (χ0n) is 12.9. The van der Waals surface area contributed by atoms with Crippen LogP contribution in [0.25, 0.3) is 0 Å². The monoisotopic (exact) mass is 318 g/mol. The lowest BCUT2D eigenvalue weighted by Gasteiger charge is -2.41. The van der Waals surface area contributed by atoms with Crippen molar-refractivity contribution in [3.8, 4) is 0 Å². The normalized spacial score (nSPS) is 23.4. The molecule has 0 aliphatic carbocycles. The van der Waals surface area contributed by atoms with E-state index in [1.54, 1.807) is 10.9 Å². The number of hydrogen-bond acceptors (Lipinski definition) is 7. The first-order valence-electron chi connectivity index (χ1n) is 7.73. The molecule has 0 unspecified atom stereocenters. The lowest BCUT2D eigenvalue weighted by atomic mass is 10.00. The first kappa shape index (κ1) is 14.2. The van der Waals surface area contributed by atoms with E-state index in [0.29, 0.717) is 38.5 Å². The van der Waals surface area contributed by atoms with Crippen molar-refractivity contribution in [1.29, 1.82) is 0 Å². The Morgan fingerprint density at radius 2 is 2.35 bits per heavy atom. The second kappa shape index (κ2) is 5.69. The van der Waals surface area contributed by atoms with Crippen LogP contribution in [-0.4, -0.2) is 65.2 Å². The van der Waals surface area contributed by atoms with Crippen LogP contribution in [0.1, 0.15) is 30.4 Å². The van der Waals surface area contributed by atoms with Crippen LogP contribution in [0.2, 0.25) is 0 Å². The average Bonchev–Trinajstić information content (AvgIpc) is 3.20. The molecule has 23 heavy (non-hydrogen) atoms. The third-order valence-corrected chi connectivity index (χ3v) is 4.53. The van der Waals surface area contributed by atoms with Gasteiger partial charge in [-0.25, -0.2) is 9.36 Å². The summed E-state index contributed by atoms with van der Waals surface area (Å²) in [5, 5.41) is 19.4. The van der Waals surface area contributed by atoms with Gasteiger partial charge in [0.05, 0.1) is 37.2 Å². The molecule has 0 saturated carbocycles. The molecule has 10 nitrogen and oxygen atoms in total. The number of piperidine rings is 1. The van der Waals surface area contributed by atoms with Crippen molar-refractivity contribution in [2.24, 2.45) is 0 Å². The molecule has 0 aromatic carbocycles. The standard InChI is InChI=1S/C13H18N8O2/c1-9-15-16-18-20(9)5-3-13(22)19-4-2-11-12(7-19)23-8-10-6-14-17-21(10)11/h6,11-12H,2-5,7-8H2,1H3/t11-,12-/m0/s1. The van der Waals surface area contributed by atoms with Crippen molar-refractivity contribution >= 4 is 5.91 Å². The molecule has 0 spiro atoms. The Labute approximate surface area is 132 Å². The molecular formula is C13H18N8O2. The Morgan fingerprint density at radius 1 is 1.43 bits per heavy atom. The first-order valence-corrected chi connectivity index (χ1v) is 7.73. The number of carbonyl (C=O) groups is 1. The van der Waals surface area contributed by atoms with Crippen LogP contribution in [0.5, 0.6) is 0 Å². The smallest absolute Gasteiger partial charge is 0.224 e. The van der Waals surface area contributed by atoms with Gasteiger partial charge in [-0.05, 0) is 23.8 Å². The molecule has 4 rings (SSSR count). The molecule has 10 heteroatoms. The van der Waals surface area contributed by atoms with Crippen LogP contribution in [-0.2, 0) is 22.7 Å². The number of carbonyl (C=O) groups excluding carboxylic acids is 1. The van der Waals surface area contributed by atoms with Gasteiger partial charge in [0.2, 0.25) is 5.91 Å². The highest BCUT2D eigenvalue weighted by Gasteiger charge is 2.37. The second-order valence-electron chi connectivity index (χ2n) is 5.91. The SMILES string of the molecule is Cc1nnnn1CCC(=O)N1CC[C@H]2[C@H](C1)OCc1cnnn12. The number of fused-ring (bicyclic) bond motifs is 3. The van der Waals surface area contributed by atoms with Crippen molar-refractivity contribution in [3.05, 3.63) is 17.7 Å². The topological polar surface area (TPSA) is 104 Å². The van der Waals surface area contributed by atoms with Gasteiger partial charge in [0.1, 0.15) is 5.82 Å². The molecule has 1 amide bonds. The van der Waals surface area contributed by atoms with Gasteiger partial charge in [0.25, 0.3) is 0 Å². The van der Waals surface area contributed by atoms with Crippen LogP contribution in [0.15, 0.2) is 6.20 Å². The van der Waals surface area contributed by atoms with Gasteiger partial charge < -0.3 is 9.64 Å². The lowest BCUT2D eigenvalue weighted by Crippen LogP contribution is -2.50. The first-order chi connectivity index (χ1) is 11.2. The largest absolute Gasteiger partial charge is 0.368 e. The van der Waals surface area contributed by atoms with Crippen LogP contribution >= 0.6 is 0 Å². The number of tetrazole rings is 1. The third kappa shape index (κ3) is 2.58. The number of aryl methyl sites for hydroxylation is 2. The Hall–Kier alpha value is -2.36. The van der Waals surface area contributed by atoms with Gasteiger partial charge in [0.15, 0.2) is 0 Å². The molecule has 0 N–H and O–H groups in total. The maximum absolute atomic E-state index is 12.4. The number of aromatic nitrogens is 7. The van der Waals surface area contributed by atoms with Crippen molar-refractivity contribution in [2.75, 3.05) is 13.1 Å². The molecule has 2 aliphatic rings. The fourth-order valence-corrected chi connectivity index (χ4v) is 3.23. The van der Waals surface area contributed by atoms with Crippen molar-refractivity contribution in [3.63, 3.8) is 0 Å². The summed E-state index contributed by atoms with van der Waals surface area (Å²) in [4.78, 5) is 14.3. The number of likely N-dealkylation sites (tertiary alicyclic amines) is 1. The van der Waals surface area contributed by atoms with Crippen molar-refractivity contribution in [1.82, 2.24) is 40.1 Å². The van der Waals surface area contributed by atoms with E-state index >= 15 is 0 Å². The van der Waals surface area contributed by atoms with Gasteiger partial charge in [0, 0.05) is 19.5 Å². The third-order valence-electron chi connectivity index (χ3n) is 4.53. The van der Waals surface area contributed by atoms with E-state index in [0.717, 1.165) is 12.1 Å². The molecule has 0 radical (unpaired) electrons. The van der Waals surface area contributed by atoms with Gasteiger partial charge in [-0.15, -0.1) is 10.2 Å². The quantitative estimate of drug-likeness (QED) is 0.739. The van der Waals surface area contributed by atoms with Gasteiger partial charge >= 0.3 is 0 Å². The van der Waals surface area contributed by atoms with Gasteiger partial charge in [-0.3, -0.25) is 4.79 Å². The molecule has 1 saturated heterocycles. The number of ether oxygens (including phenoxy) is 1. The number of nitrogens with zero attached hydrogens (tertiary/aromatic N) is 8. The highest BCUT2D eigenvalue weighted by Crippen LogP contribution is 2.30. The average molecular weight is 318 g/mol. The van der Waals surface area contributed by atoms with E-state index in [9.17, 15) is 4.79 Å². The second-order valence-corrected chi connectivity index (χ2v) is 5.91. The predicted molar refractivity (Wildman–Crippen MR) is 76.0 cm³/mol. The molecule has 0 bridgehead atoms. The highest BCUT2D eigenvalue weighted by atomic mass is 16.5. The zero-order chi connectivity index (χ0) is 15.8. The lowest BCUT2D eigenvalue weighted by molar-refractivity contribution is -0.139. The summed E-state index contributed by atoms with van der Waals surface area (Å²) in [5.41, 5.74) is 1.00. The molecule has 2 aromatic heterocycles. The summed E-state index contributed by atoms with van der Waals surface area (Å²) < 4.78 is 9.47. The van der Waals surface area contributed by atoms with E-state index < -0.39 is 0 Å². The summed E-state index contributed by atoms with van der Waals surface area (Å²) in [6.45, 7) is 4.12. The summed E-state index contributed by atoms with van der Waals surface area (Å²) in [6.07, 6.45) is 2.94. The van der Waals surface area contributed by atoms with Crippen LogP contribution in [0.3, 0.4) is 0 Å². The molecule has 2 aromatic rings. The van der Waals surface area contributed by atoms with Crippen molar-refractivity contribution in [2.45, 2.75) is 45.1 Å². The van der Waals surface area contributed by atoms with E-state index in [2.05, 4.69) is 25.8 Å². The molecule has 2 atom stereocenters. The fourth-order valence-electron chi connectivity index (χ4n) is 3.23. The summed E-state index contributed by atoms with van der Waals surface area (Å²) in [5.74, 6) is 0.817. The Kier molecular flexibility index (Phi) is 3.52. The summed E-state index contributed by atoms with van der Waals surface area (Å²) in [6, 6.07) is 0.173. The van der Waals surface area contributed by atoms with Crippen molar-refractivity contribution < 1.29 is 9.53 Å². The van der Waals surface area contributed by atoms with Crippen LogP contribution in [0.4, 0.5) is 0 Å². The Morgan fingerprint density at radius 3 is 3.17 bits per heavy atom. The minimum absolute atomic E-state index is 0.0170. The Bertz CT molecular complexity index is 710. The summed E-state index contributed by atoms with van der Waals surface area (Å²) in [7, 11) is 0. The van der Waals surface area contributed by atoms with E-state index in [1.807, 2.05) is 16.5 Å². The maximum Gasteiger partial charge on any atom is 0.224 e. The summed E-state index contributed by atoms with van der Waals surface area (Å²) >= 11 is 0. The molecular weight excluding hydrogens is 300 g/mol. The molecule has 4 heterocycles. The maximum atomic E-state index is 12.4. The number of rotatable bonds is 3. The van der Waals surface area contributed by atoms with Gasteiger partial charge in [-0.2, -0.15) is 0 Å². The number of hydrogen-bond donors (Lipinski definition) is 0.